The number of aromatic nitrogens is 3. The highest BCUT2D eigenvalue weighted by atomic mass is 16.3. The molecule has 3 rings (SSSR count). The second kappa shape index (κ2) is 7.98. The molecule has 132 valence electrons. The van der Waals surface area contributed by atoms with Crippen molar-refractivity contribution < 1.29 is 5.11 Å². The number of nitrogens with one attached hydrogen (secondary N) is 1. The number of rotatable bonds is 8. The monoisotopic (exact) mass is 339 g/mol. The Hall–Kier alpha value is -2.60. The van der Waals surface area contributed by atoms with E-state index < -0.39 is 0 Å². The Bertz CT molecular complexity index is 815. The summed E-state index contributed by atoms with van der Waals surface area (Å²) >= 11 is 0. The number of fused-ring (bicyclic) bond motifs is 1. The van der Waals surface area contributed by atoms with Gasteiger partial charge in [-0.25, -0.2) is 4.98 Å². The molecule has 1 aromatic carbocycles. The van der Waals surface area contributed by atoms with Crippen molar-refractivity contribution >= 4 is 22.8 Å². The Morgan fingerprint density at radius 2 is 2.00 bits per heavy atom. The van der Waals surface area contributed by atoms with Gasteiger partial charge in [0.25, 0.3) is 0 Å². The standard InChI is InChI=1S/C19H25N5O/c1-2-3-9-15(13-25)21-18-17-16(22-19(20)23-18)10-11-24(17)12-14-7-5-4-6-8-14/h4-8,10-11,15,25H,2-3,9,12-13H2,1H3,(H3,20,21,22,23)/t15-/m0/s1. The van der Waals surface area contributed by atoms with Crippen LogP contribution in [0.5, 0.6) is 0 Å². The predicted molar refractivity (Wildman–Crippen MR) is 102 cm³/mol. The number of benzene rings is 1. The number of aliphatic hydroxyl groups excluding tert-OH is 1. The fourth-order valence-electron chi connectivity index (χ4n) is 2.99. The highest BCUT2D eigenvalue weighted by Gasteiger charge is 2.15. The molecule has 0 aliphatic carbocycles. The van der Waals surface area contributed by atoms with Crippen molar-refractivity contribution in [3.63, 3.8) is 0 Å². The van der Waals surface area contributed by atoms with E-state index in [0.717, 1.165) is 36.8 Å². The summed E-state index contributed by atoms with van der Waals surface area (Å²) in [6.07, 6.45) is 5.02. The van der Waals surface area contributed by atoms with Gasteiger partial charge >= 0.3 is 0 Å². The number of hydrogen-bond acceptors (Lipinski definition) is 5. The van der Waals surface area contributed by atoms with Crippen LogP contribution in [-0.2, 0) is 6.54 Å². The Kier molecular flexibility index (Phi) is 5.50. The number of anilines is 2. The molecule has 25 heavy (non-hydrogen) atoms. The maximum atomic E-state index is 9.67. The number of nitrogens with two attached hydrogens (primary N) is 1. The zero-order valence-electron chi connectivity index (χ0n) is 14.5. The van der Waals surface area contributed by atoms with Crippen LogP contribution in [0.3, 0.4) is 0 Å². The zero-order valence-corrected chi connectivity index (χ0v) is 14.5. The van der Waals surface area contributed by atoms with Crippen molar-refractivity contribution in [1.82, 2.24) is 14.5 Å². The van der Waals surface area contributed by atoms with Crippen molar-refractivity contribution in [2.45, 2.75) is 38.8 Å². The highest BCUT2D eigenvalue weighted by Crippen LogP contribution is 2.24. The smallest absolute Gasteiger partial charge is 0.222 e. The van der Waals surface area contributed by atoms with Crippen molar-refractivity contribution in [2.24, 2.45) is 0 Å². The molecule has 3 aromatic rings. The lowest BCUT2D eigenvalue weighted by Crippen LogP contribution is -2.25. The van der Waals surface area contributed by atoms with Gasteiger partial charge in [-0.2, -0.15) is 4.98 Å². The Labute approximate surface area is 147 Å². The largest absolute Gasteiger partial charge is 0.394 e. The Morgan fingerprint density at radius 3 is 2.72 bits per heavy atom. The molecule has 0 unspecified atom stereocenters. The molecule has 1 atom stereocenters. The first-order chi connectivity index (χ1) is 12.2. The van der Waals surface area contributed by atoms with Gasteiger partial charge in [-0.3, -0.25) is 0 Å². The van der Waals surface area contributed by atoms with E-state index in [1.807, 2.05) is 30.5 Å². The first kappa shape index (κ1) is 17.2. The van der Waals surface area contributed by atoms with Gasteiger partial charge in [0.15, 0.2) is 5.82 Å². The topological polar surface area (TPSA) is 89.0 Å². The minimum atomic E-state index is -0.0440. The zero-order chi connectivity index (χ0) is 17.6. The summed E-state index contributed by atoms with van der Waals surface area (Å²) in [6.45, 7) is 2.93. The third-order valence-corrected chi connectivity index (χ3v) is 4.29. The van der Waals surface area contributed by atoms with Crippen molar-refractivity contribution in [1.29, 1.82) is 0 Å². The van der Waals surface area contributed by atoms with E-state index in [-0.39, 0.29) is 18.6 Å². The van der Waals surface area contributed by atoms with Gasteiger partial charge < -0.3 is 20.7 Å². The molecule has 2 heterocycles. The van der Waals surface area contributed by atoms with Gasteiger partial charge in [0, 0.05) is 12.7 Å². The van der Waals surface area contributed by atoms with E-state index in [0.29, 0.717) is 5.82 Å². The molecule has 0 aliphatic rings. The molecular formula is C19H25N5O. The van der Waals surface area contributed by atoms with E-state index in [4.69, 9.17) is 5.73 Å². The fourth-order valence-corrected chi connectivity index (χ4v) is 2.99. The summed E-state index contributed by atoms with van der Waals surface area (Å²) in [5.41, 5.74) is 8.79. The summed E-state index contributed by atoms with van der Waals surface area (Å²) < 4.78 is 2.11. The van der Waals surface area contributed by atoms with Crippen LogP contribution in [0.15, 0.2) is 42.6 Å². The number of aliphatic hydroxyl groups is 1. The van der Waals surface area contributed by atoms with Crippen molar-refractivity contribution in [3.8, 4) is 0 Å². The van der Waals surface area contributed by atoms with Crippen LogP contribution in [-0.4, -0.2) is 32.3 Å². The molecule has 0 fully saturated rings. The molecule has 0 radical (unpaired) electrons. The van der Waals surface area contributed by atoms with Crippen LogP contribution in [0.4, 0.5) is 11.8 Å². The number of nitrogens with zero attached hydrogens (tertiary/aromatic N) is 3. The molecular weight excluding hydrogens is 314 g/mol. The lowest BCUT2D eigenvalue weighted by molar-refractivity contribution is 0.267. The third-order valence-electron chi connectivity index (χ3n) is 4.29. The van der Waals surface area contributed by atoms with Gasteiger partial charge in [-0.05, 0) is 18.1 Å². The maximum Gasteiger partial charge on any atom is 0.222 e. The highest BCUT2D eigenvalue weighted by molar-refractivity contribution is 5.87. The van der Waals surface area contributed by atoms with Crippen LogP contribution in [0.25, 0.3) is 11.0 Å². The molecule has 2 aromatic heterocycles. The second-order valence-corrected chi connectivity index (χ2v) is 6.26. The van der Waals surface area contributed by atoms with E-state index in [1.165, 1.54) is 5.56 Å². The van der Waals surface area contributed by atoms with Gasteiger partial charge in [0.2, 0.25) is 5.95 Å². The third kappa shape index (κ3) is 4.09. The van der Waals surface area contributed by atoms with Gasteiger partial charge in [-0.15, -0.1) is 0 Å². The average molecular weight is 339 g/mol. The Morgan fingerprint density at radius 1 is 1.20 bits per heavy atom. The van der Waals surface area contributed by atoms with Crippen LogP contribution < -0.4 is 11.1 Å². The van der Waals surface area contributed by atoms with E-state index in [1.54, 1.807) is 0 Å². The maximum absolute atomic E-state index is 9.67. The molecule has 0 saturated heterocycles. The van der Waals surface area contributed by atoms with Crippen LogP contribution in [0.1, 0.15) is 31.7 Å². The lowest BCUT2D eigenvalue weighted by atomic mass is 10.1. The second-order valence-electron chi connectivity index (χ2n) is 6.26. The minimum Gasteiger partial charge on any atom is -0.394 e. The molecule has 0 bridgehead atoms. The predicted octanol–water partition coefficient (Wildman–Crippen LogP) is 3.02. The van der Waals surface area contributed by atoms with Crippen LogP contribution >= 0.6 is 0 Å². The van der Waals surface area contributed by atoms with Gasteiger partial charge in [0.1, 0.15) is 5.52 Å². The van der Waals surface area contributed by atoms with Crippen molar-refractivity contribution in [3.05, 3.63) is 48.2 Å². The van der Waals surface area contributed by atoms with Crippen LogP contribution in [0, 0.1) is 0 Å². The number of hydrogen-bond donors (Lipinski definition) is 3. The molecule has 6 heteroatoms. The Balaban J connectivity index is 1.94. The fraction of sp³-hybridized carbons (Fsp3) is 0.368. The van der Waals surface area contributed by atoms with E-state index in [2.05, 4.69) is 38.9 Å². The van der Waals surface area contributed by atoms with E-state index in [9.17, 15) is 5.11 Å². The summed E-state index contributed by atoms with van der Waals surface area (Å²) in [5.74, 6) is 0.915. The summed E-state index contributed by atoms with van der Waals surface area (Å²) in [7, 11) is 0. The molecule has 0 aliphatic heterocycles. The first-order valence-electron chi connectivity index (χ1n) is 8.75. The summed E-state index contributed by atoms with van der Waals surface area (Å²) in [6, 6.07) is 12.2. The number of unbranched alkanes of at least 4 members (excludes halogenated alkanes) is 1. The lowest BCUT2D eigenvalue weighted by Gasteiger charge is -2.18. The van der Waals surface area contributed by atoms with Gasteiger partial charge in [-0.1, -0.05) is 50.1 Å². The quantitative estimate of drug-likeness (QED) is 0.587. The minimum absolute atomic E-state index is 0.0440. The molecule has 4 N–H and O–H groups in total. The summed E-state index contributed by atoms with van der Waals surface area (Å²) in [5, 5.41) is 13.0. The molecule has 0 spiro atoms. The molecule has 0 saturated carbocycles. The molecule has 6 nitrogen and oxygen atoms in total. The molecule has 0 amide bonds. The average Bonchev–Trinajstić information content (AvgIpc) is 3.02. The SMILES string of the molecule is CCCC[C@@H](CO)Nc1nc(N)nc2ccn(Cc3ccccc3)c12. The summed E-state index contributed by atoms with van der Waals surface area (Å²) in [4.78, 5) is 8.73. The van der Waals surface area contributed by atoms with Crippen molar-refractivity contribution in [2.75, 3.05) is 17.7 Å². The van der Waals surface area contributed by atoms with Crippen LogP contribution in [0.2, 0.25) is 0 Å². The number of nitrogen functional groups attached to an aromatic ring is 1. The first-order valence-corrected chi connectivity index (χ1v) is 8.75. The van der Waals surface area contributed by atoms with Gasteiger partial charge in [0.05, 0.1) is 18.2 Å². The normalized spacial score (nSPS) is 12.4. The van der Waals surface area contributed by atoms with E-state index >= 15 is 0 Å².